The van der Waals surface area contributed by atoms with Crippen molar-refractivity contribution < 1.29 is 9.53 Å². The molecular weight excluding hydrogens is 394 g/mol. The predicted octanol–water partition coefficient (Wildman–Crippen LogP) is 3.78. The van der Waals surface area contributed by atoms with Crippen LogP contribution in [0.4, 0.5) is 0 Å². The lowest BCUT2D eigenvalue weighted by atomic mass is 9.88. The van der Waals surface area contributed by atoms with Gasteiger partial charge in [0.2, 0.25) is 0 Å². The monoisotopic (exact) mass is 425 g/mol. The van der Waals surface area contributed by atoms with Gasteiger partial charge in [0, 0.05) is 41.9 Å². The molecule has 5 nitrogen and oxygen atoms in total. The fourth-order valence-corrected chi connectivity index (χ4v) is 5.31. The molecule has 0 spiro atoms. The Labute approximate surface area is 183 Å². The average Bonchev–Trinajstić information content (AvgIpc) is 3.26. The Morgan fingerprint density at radius 3 is 2.77 bits per heavy atom. The number of carbonyl (C=O) groups excluding carboxylic acids is 1. The quantitative estimate of drug-likeness (QED) is 0.520. The third kappa shape index (κ3) is 4.72. The van der Waals surface area contributed by atoms with E-state index in [4.69, 9.17) is 4.74 Å². The van der Waals surface area contributed by atoms with Crippen molar-refractivity contribution in [3.63, 3.8) is 0 Å². The smallest absolute Gasteiger partial charge is 0.168 e. The van der Waals surface area contributed by atoms with Crippen molar-refractivity contribution in [1.29, 1.82) is 0 Å². The number of hydrogen-bond acceptors (Lipinski definition) is 6. The molecule has 2 aliphatic heterocycles. The van der Waals surface area contributed by atoms with Gasteiger partial charge in [-0.2, -0.15) is 0 Å². The van der Waals surface area contributed by atoms with Gasteiger partial charge in [0.15, 0.2) is 5.78 Å². The summed E-state index contributed by atoms with van der Waals surface area (Å²) in [5.74, 6) is 1.74. The molecule has 30 heavy (non-hydrogen) atoms. The number of ether oxygens (including phenoxy) is 1. The number of carbonyl (C=O) groups is 1. The Hall–Kier alpha value is -1.86. The second kappa shape index (κ2) is 9.96. The summed E-state index contributed by atoms with van der Waals surface area (Å²) in [5.41, 5.74) is 8.93. The molecule has 0 aliphatic carbocycles. The Kier molecular flexibility index (Phi) is 7.10. The highest BCUT2D eigenvalue weighted by Gasteiger charge is 2.33. The van der Waals surface area contributed by atoms with Gasteiger partial charge in [-0.15, -0.1) is 11.8 Å². The lowest BCUT2D eigenvalue weighted by Crippen LogP contribution is -2.42. The van der Waals surface area contributed by atoms with Crippen LogP contribution in [-0.2, 0) is 0 Å². The van der Waals surface area contributed by atoms with Crippen LogP contribution >= 0.6 is 11.8 Å². The van der Waals surface area contributed by atoms with E-state index in [1.807, 2.05) is 42.7 Å². The fraction of sp³-hybridized carbons (Fsp3) is 0.458. The zero-order chi connectivity index (χ0) is 20.9. The molecule has 2 heterocycles. The van der Waals surface area contributed by atoms with E-state index in [0.717, 1.165) is 55.2 Å². The first-order valence-electron chi connectivity index (χ1n) is 10.7. The van der Waals surface area contributed by atoms with Gasteiger partial charge in [0.1, 0.15) is 5.75 Å². The number of methoxy groups -OCH3 is 1. The highest BCUT2D eigenvalue weighted by atomic mass is 32.2. The summed E-state index contributed by atoms with van der Waals surface area (Å²) in [6, 6.07) is 16.6. The molecule has 2 aromatic rings. The van der Waals surface area contributed by atoms with E-state index in [-0.39, 0.29) is 12.0 Å². The molecule has 0 aromatic heterocycles. The van der Waals surface area contributed by atoms with Crippen molar-refractivity contribution in [3.8, 4) is 5.75 Å². The largest absolute Gasteiger partial charge is 0.497 e. The number of Topliss-reactive ketones (excluding diaryl/α,β-unsaturated/α-hetero) is 1. The molecule has 2 saturated heterocycles. The first-order chi connectivity index (χ1) is 14.7. The topological polar surface area (TPSA) is 53.6 Å². The van der Waals surface area contributed by atoms with E-state index in [2.05, 4.69) is 27.9 Å². The zero-order valence-corrected chi connectivity index (χ0v) is 18.6. The second-order valence-electron chi connectivity index (χ2n) is 8.20. The first kappa shape index (κ1) is 21.4. The minimum atomic E-state index is 0.0915. The number of nitrogens with one attached hydrogen (secondary N) is 2. The number of nitrogens with zero attached hydrogens (tertiary/aromatic N) is 1. The summed E-state index contributed by atoms with van der Waals surface area (Å²) < 4.78 is 5.29. The van der Waals surface area contributed by atoms with Crippen LogP contribution in [0.3, 0.4) is 0 Å². The summed E-state index contributed by atoms with van der Waals surface area (Å²) in [6.45, 7) is 3.85. The Morgan fingerprint density at radius 2 is 2.00 bits per heavy atom. The zero-order valence-electron chi connectivity index (χ0n) is 17.8. The molecule has 2 aliphatic rings. The van der Waals surface area contributed by atoms with E-state index in [1.54, 1.807) is 18.9 Å². The van der Waals surface area contributed by atoms with Crippen molar-refractivity contribution in [3.05, 3.63) is 59.7 Å². The molecule has 4 rings (SSSR count). The minimum Gasteiger partial charge on any atom is -0.497 e. The van der Waals surface area contributed by atoms with Gasteiger partial charge in [-0.25, -0.2) is 5.43 Å². The van der Waals surface area contributed by atoms with Gasteiger partial charge in [-0.1, -0.05) is 30.3 Å². The van der Waals surface area contributed by atoms with Crippen molar-refractivity contribution in [1.82, 2.24) is 15.8 Å². The minimum absolute atomic E-state index is 0.0915. The van der Waals surface area contributed by atoms with Crippen LogP contribution < -0.4 is 15.6 Å². The Morgan fingerprint density at radius 1 is 1.20 bits per heavy atom. The fourth-order valence-electron chi connectivity index (χ4n) is 4.71. The molecule has 3 atom stereocenters. The molecule has 0 amide bonds. The number of rotatable bonds is 7. The summed E-state index contributed by atoms with van der Waals surface area (Å²) >= 11 is 1.66. The van der Waals surface area contributed by atoms with Crippen molar-refractivity contribution in [2.24, 2.45) is 11.8 Å². The van der Waals surface area contributed by atoms with E-state index in [0.29, 0.717) is 11.7 Å². The van der Waals surface area contributed by atoms with Crippen LogP contribution in [0.5, 0.6) is 5.75 Å². The predicted molar refractivity (Wildman–Crippen MR) is 122 cm³/mol. The van der Waals surface area contributed by atoms with Crippen LogP contribution in [0.25, 0.3) is 0 Å². The number of benzene rings is 2. The van der Waals surface area contributed by atoms with Crippen molar-refractivity contribution in [2.45, 2.75) is 23.8 Å². The van der Waals surface area contributed by atoms with Crippen LogP contribution in [0.2, 0.25) is 0 Å². The second-order valence-corrected chi connectivity index (χ2v) is 9.05. The van der Waals surface area contributed by atoms with Crippen molar-refractivity contribution >= 4 is 17.5 Å². The molecule has 6 heteroatoms. The van der Waals surface area contributed by atoms with Gasteiger partial charge in [-0.05, 0) is 49.4 Å². The van der Waals surface area contributed by atoms with Gasteiger partial charge < -0.3 is 9.64 Å². The Bertz CT molecular complexity index is 858. The maximum Gasteiger partial charge on any atom is 0.168 e. The lowest BCUT2D eigenvalue weighted by molar-refractivity contribution is 0.0795. The van der Waals surface area contributed by atoms with Gasteiger partial charge in [0.25, 0.3) is 0 Å². The third-order valence-corrected chi connectivity index (χ3v) is 7.11. The maximum absolute atomic E-state index is 13.2. The molecule has 0 saturated carbocycles. The standard InChI is InChI=1S/C24H31N3O2S/c1-29-20-11-9-17(10-12-20)23-19(14-25-26-23)16-27-13-5-6-18(15-27)24(28)21-7-3-4-8-22(21)30-2/h3-4,7-12,18-19,23,25-26H,5-6,13-16H2,1-2H3. The highest BCUT2D eigenvalue weighted by molar-refractivity contribution is 7.98. The molecule has 2 fully saturated rings. The van der Waals surface area contributed by atoms with Gasteiger partial charge in [0.05, 0.1) is 13.2 Å². The van der Waals surface area contributed by atoms with E-state index >= 15 is 0 Å². The number of thioether (sulfide) groups is 1. The van der Waals surface area contributed by atoms with Gasteiger partial charge >= 0.3 is 0 Å². The number of hydrazine groups is 1. The average molecular weight is 426 g/mol. The van der Waals surface area contributed by atoms with Crippen molar-refractivity contribution in [2.75, 3.05) is 39.5 Å². The molecule has 0 bridgehead atoms. The van der Waals surface area contributed by atoms with Gasteiger partial charge in [-0.3, -0.25) is 10.2 Å². The maximum atomic E-state index is 13.2. The third-order valence-electron chi connectivity index (χ3n) is 6.31. The number of hydrogen-bond donors (Lipinski definition) is 2. The first-order valence-corrected chi connectivity index (χ1v) is 11.9. The summed E-state index contributed by atoms with van der Waals surface area (Å²) in [6.07, 6.45) is 4.11. The van der Waals surface area contributed by atoms with E-state index < -0.39 is 0 Å². The highest BCUT2D eigenvalue weighted by Crippen LogP contribution is 2.30. The molecule has 2 N–H and O–H groups in total. The van der Waals surface area contributed by atoms with Crippen LogP contribution in [0.1, 0.15) is 34.8 Å². The molecule has 0 radical (unpaired) electrons. The Balaban J connectivity index is 1.41. The number of piperidine rings is 1. The van der Waals surface area contributed by atoms with E-state index in [1.165, 1.54) is 5.56 Å². The molecule has 3 unspecified atom stereocenters. The van der Waals surface area contributed by atoms with Crippen LogP contribution in [-0.4, -0.2) is 50.2 Å². The summed E-state index contributed by atoms with van der Waals surface area (Å²) in [5, 5.41) is 0. The van der Waals surface area contributed by atoms with Crippen LogP contribution in [0, 0.1) is 11.8 Å². The lowest BCUT2D eigenvalue weighted by Gasteiger charge is -2.34. The SMILES string of the molecule is COc1ccc(C2NNCC2CN2CCCC(C(=O)c3ccccc3SC)C2)cc1. The number of likely N-dealkylation sites (tertiary alicyclic amines) is 1. The molecular formula is C24H31N3O2S. The normalized spacial score (nSPS) is 24.7. The summed E-state index contributed by atoms with van der Waals surface area (Å²) in [4.78, 5) is 16.8. The summed E-state index contributed by atoms with van der Waals surface area (Å²) in [7, 11) is 1.69. The van der Waals surface area contributed by atoms with E-state index in [9.17, 15) is 4.79 Å². The number of ketones is 1. The molecule has 2 aromatic carbocycles. The van der Waals surface area contributed by atoms with Crippen LogP contribution in [0.15, 0.2) is 53.4 Å². The molecule has 160 valence electrons.